The maximum absolute atomic E-state index is 8.66. The summed E-state index contributed by atoms with van der Waals surface area (Å²) >= 11 is 0. The third-order valence-corrected chi connectivity index (χ3v) is 7.45. The van der Waals surface area contributed by atoms with E-state index in [-0.39, 0.29) is 0 Å². The van der Waals surface area contributed by atoms with Gasteiger partial charge in [-0.3, -0.25) is 0 Å². The number of hydrogen-bond acceptors (Lipinski definition) is 4. The van der Waals surface area contributed by atoms with Crippen LogP contribution in [0.2, 0.25) is 0 Å². The van der Waals surface area contributed by atoms with Gasteiger partial charge in [-0.1, -0.05) is 24.3 Å². The van der Waals surface area contributed by atoms with E-state index in [1.54, 1.807) is 12.5 Å². The van der Waals surface area contributed by atoms with Gasteiger partial charge >= 0.3 is 0 Å². The van der Waals surface area contributed by atoms with Crippen molar-refractivity contribution in [2.24, 2.45) is 23.7 Å². The summed E-state index contributed by atoms with van der Waals surface area (Å²) in [6.07, 6.45) is 8.71. The third kappa shape index (κ3) is 2.81. The standard InChI is InChI=1S/C24H22N2O2/c25-13-27-19-5-1-15(2-6-19)17-9-22-18-11-21(24(12-18)23(22)10-17)16-3-7-20(8-4-16)28-14-26/h1-8,17-18,21-24H,9-12H2/t17-,18-,21+,22+,23-,24-/m1/s1. The lowest BCUT2D eigenvalue weighted by Crippen LogP contribution is -2.23. The van der Waals surface area contributed by atoms with Gasteiger partial charge in [-0.25, -0.2) is 0 Å². The lowest BCUT2D eigenvalue weighted by Gasteiger charge is -2.31. The molecule has 0 N–H and O–H groups in total. The fourth-order valence-electron chi connectivity index (χ4n) is 6.42. The van der Waals surface area contributed by atoms with E-state index in [1.165, 1.54) is 36.8 Å². The highest BCUT2D eigenvalue weighted by Crippen LogP contribution is 2.65. The van der Waals surface area contributed by atoms with Crippen LogP contribution < -0.4 is 9.47 Å². The second-order valence-corrected chi connectivity index (χ2v) is 8.52. The Morgan fingerprint density at radius 1 is 0.643 bits per heavy atom. The lowest BCUT2D eigenvalue weighted by atomic mass is 9.73. The molecule has 0 heterocycles. The molecule has 6 atom stereocenters. The van der Waals surface area contributed by atoms with Crippen molar-refractivity contribution >= 4 is 0 Å². The van der Waals surface area contributed by atoms with Crippen molar-refractivity contribution in [1.29, 1.82) is 10.5 Å². The zero-order chi connectivity index (χ0) is 19.1. The monoisotopic (exact) mass is 370 g/mol. The number of nitrogens with zero attached hydrogens (tertiary/aromatic N) is 2. The molecule has 4 nitrogen and oxygen atoms in total. The summed E-state index contributed by atoms with van der Waals surface area (Å²) in [4.78, 5) is 0. The van der Waals surface area contributed by atoms with Crippen molar-refractivity contribution in [3.63, 3.8) is 0 Å². The Morgan fingerprint density at radius 3 is 1.82 bits per heavy atom. The van der Waals surface area contributed by atoms with Crippen LogP contribution >= 0.6 is 0 Å². The van der Waals surface area contributed by atoms with Gasteiger partial charge in [0, 0.05) is 0 Å². The summed E-state index contributed by atoms with van der Waals surface area (Å²) in [5.74, 6) is 5.83. The fraction of sp³-hybridized carbons (Fsp3) is 0.417. The Balaban J connectivity index is 1.30. The van der Waals surface area contributed by atoms with Gasteiger partial charge in [-0.05, 0) is 96.6 Å². The Bertz CT molecular complexity index is 939. The van der Waals surface area contributed by atoms with E-state index in [4.69, 9.17) is 20.0 Å². The fourth-order valence-corrected chi connectivity index (χ4v) is 6.42. The van der Waals surface area contributed by atoms with Crippen molar-refractivity contribution in [3.8, 4) is 24.0 Å². The molecule has 0 radical (unpaired) electrons. The SMILES string of the molecule is N#COc1ccc([C@H]2C[C@@H]3[C@@H](C2)[C@H]2C[C@@H]3[C@H](c3ccc(OC#N)cc3)C2)cc1. The molecule has 0 spiro atoms. The summed E-state index contributed by atoms with van der Waals surface area (Å²) in [6, 6.07) is 16.2. The highest BCUT2D eigenvalue weighted by atomic mass is 16.5. The average molecular weight is 370 g/mol. The maximum Gasteiger partial charge on any atom is 0.292 e. The molecule has 3 aliphatic carbocycles. The molecule has 140 valence electrons. The highest BCUT2D eigenvalue weighted by Gasteiger charge is 2.56. The number of hydrogen-bond donors (Lipinski definition) is 0. The highest BCUT2D eigenvalue weighted by molar-refractivity contribution is 5.34. The first-order chi connectivity index (χ1) is 13.8. The van der Waals surface area contributed by atoms with Gasteiger partial charge in [0.15, 0.2) is 0 Å². The van der Waals surface area contributed by atoms with Crippen LogP contribution in [-0.2, 0) is 0 Å². The molecule has 0 saturated heterocycles. The first-order valence-corrected chi connectivity index (χ1v) is 10.1. The largest absolute Gasteiger partial charge is 0.388 e. The Kier molecular flexibility index (Phi) is 4.21. The number of benzene rings is 2. The molecular weight excluding hydrogens is 348 g/mol. The van der Waals surface area contributed by atoms with E-state index in [1.807, 2.05) is 24.3 Å². The smallest absolute Gasteiger partial charge is 0.292 e. The molecule has 0 amide bonds. The predicted molar refractivity (Wildman–Crippen MR) is 103 cm³/mol. The topological polar surface area (TPSA) is 66.0 Å². The summed E-state index contributed by atoms with van der Waals surface area (Å²) < 4.78 is 9.83. The molecule has 2 aromatic carbocycles. The molecular formula is C24H22N2O2. The van der Waals surface area contributed by atoms with Gasteiger partial charge < -0.3 is 9.47 Å². The summed E-state index contributed by atoms with van der Waals surface area (Å²) in [6.45, 7) is 0. The zero-order valence-corrected chi connectivity index (χ0v) is 15.6. The molecule has 3 fully saturated rings. The van der Waals surface area contributed by atoms with Crippen LogP contribution in [0.25, 0.3) is 0 Å². The van der Waals surface area contributed by atoms with Crippen molar-refractivity contribution in [2.75, 3.05) is 0 Å². The van der Waals surface area contributed by atoms with Gasteiger partial charge in [-0.2, -0.15) is 0 Å². The molecule has 0 aliphatic heterocycles. The molecule has 28 heavy (non-hydrogen) atoms. The summed E-state index contributed by atoms with van der Waals surface area (Å²) in [7, 11) is 0. The minimum Gasteiger partial charge on any atom is -0.388 e. The Labute approximate surface area is 165 Å². The molecule has 2 bridgehead atoms. The Morgan fingerprint density at radius 2 is 1.21 bits per heavy atom. The molecule has 3 aliphatic rings. The van der Waals surface area contributed by atoms with Gasteiger partial charge in [0.05, 0.1) is 0 Å². The van der Waals surface area contributed by atoms with Gasteiger partial charge in [0.25, 0.3) is 12.5 Å². The molecule has 2 aromatic rings. The first kappa shape index (κ1) is 17.1. The van der Waals surface area contributed by atoms with Crippen LogP contribution in [0, 0.1) is 46.7 Å². The normalized spacial score (nSPS) is 32.4. The first-order valence-electron chi connectivity index (χ1n) is 10.1. The summed E-state index contributed by atoms with van der Waals surface area (Å²) in [5, 5.41) is 17.3. The molecule has 0 unspecified atom stereocenters. The van der Waals surface area contributed by atoms with Crippen molar-refractivity contribution < 1.29 is 9.47 Å². The predicted octanol–water partition coefficient (Wildman–Crippen LogP) is 5.34. The van der Waals surface area contributed by atoms with Gasteiger partial charge in [0.1, 0.15) is 11.5 Å². The van der Waals surface area contributed by atoms with E-state index in [0.717, 1.165) is 23.7 Å². The van der Waals surface area contributed by atoms with Crippen molar-refractivity contribution in [3.05, 3.63) is 59.7 Å². The van der Waals surface area contributed by atoms with Crippen LogP contribution in [-0.4, -0.2) is 0 Å². The second-order valence-electron chi connectivity index (χ2n) is 8.52. The van der Waals surface area contributed by atoms with Crippen LogP contribution in [0.4, 0.5) is 0 Å². The minimum atomic E-state index is 0.619. The van der Waals surface area contributed by atoms with Crippen molar-refractivity contribution in [1.82, 2.24) is 0 Å². The van der Waals surface area contributed by atoms with Crippen LogP contribution in [0.1, 0.15) is 48.6 Å². The lowest BCUT2D eigenvalue weighted by molar-refractivity contribution is 0.232. The molecule has 0 aromatic heterocycles. The zero-order valence-electron chi connectivity index (χ0n) is 15.6. The molecule has 3 saturated carbocycles. The summed E-state index contributed by atoms with van der Waals surface area (Å²) in [5.41, 5.74) is 2.78. The Hall–Kier alpha value is -2.98. The van der Waals surface area contributed by atoms with E-state index >= 15 is 0 Å². The third-order valence-electron chi connectivity index (χ3n) is 7.45. The average Bonchev–Trinajstić information content (AvgIpc) is 3.42. The van der Waals surface area contributed by atoms with Gasteiger partial charge in [0.2, 0.25) is 0 Å². The molecule has 5 rings (SSSR count). The van der Waals surface area contributed by atoms with Crippen LogP contribution in [0.3, 0.4) is 0 Å². The minimum absolute atomic E-state index is 0.619. The van der Waals surface area contributed by atoms with Crippen molar-refractivity contribution in [2.45, 2.75) is 37.5 Å². The number of nitriles is 2. The molecule has 4 heteroatoms. The number of fused-ring (bicyclic) bond motifs is 5. The van der Waals surface area contributed by atoms with Crippen LogP contribution in [0.5, 0.6) is 11.5 Å². The second kappa shape index (κ2) is 6.88. The number of rotatable bonds is 4. The van der Waals surface area contributed by atoms with E-state index in [2.05, 4.69) is 24.3 Å². The van der Waals surface area contributed by atoms with E-state index in [9.17, 15) is 0 Å². The van der Waals surface area contributed by atoms with Gasteiger partial charge in [-0.15, -0.1) is 10.5 Å². The number of ether oxygens (including phenoxy) is 2. The van der Waals surface area contributed by atoms with E-state index in [0.29, 0.717) is 23.3 Å². The quantitative estimate of drug-likeness (QED) is 0.681. The maximum atomic E-state index is 8.66. The van der Waals surface area contributed by atoms with Crippen LogP contribution in [0.15, 0.2) is 48.5 Å². The van der Waals surface area contributed by atoms with E-state index < -0.39 is 0 Å².